The Morgan fingerprint density at radius 1 is 0.810 bits per heavy atom. The van der Waals surface area contributed by atoms with Crippen LogP contribution in [0.3, 0.4) is 0 Å². The normalized spacial score (nSPS) is 11.3. The molecule has 0 spiro atoms. The van der Waals surface area contributed by atoms with Crippen LogP contribution in [0.15, 0.2) is 95.5 Å². The van der Waals surface area contributed by atoms with Crippen LogP contribution in [0.5, 0.6) is 17.6 Å². The van der Waals surface area contributed by atoms with Crippen LogP contribution in [-0.4, -0.2) is 51.5 Å². The Hall–Kier alpha value is -5.43. The molecule has 42 heavy (non-hydrogen) atoms. The summed E-state index contributed by atoms with van der Waals surface area (Å²) in [5.41, 5.74) is 1.14. The molecule has 0 atom stereocenters. The smallest absolute Gasteiger partial charge is 0.321 e. The van der Waals surface area contributed by atoms with Crippen LogP contribution in [-0.2, 0) is 14.8 Å². The highest BCUT2D eigenvalue weighted by Gasteiger charge is 2.19. The number of rotatable bonds is 11. The third kappa shape index (κ3) is 7.40. The molecule has 0 aliphatic rings. The van der Waals surface area contributed by atoms with Crippen LogP contribution >= 0.6 is 0 Å². The summed E-state index contributed by atoms with van der Waals surface area (Å²) in [6, 6.07) is 22.1. The first-order chi connectivity index (χ1) is 20.2. The third-order valence-corrected chi connectivity index (χ3v) is 7.07. The van der Waals surface area contributed by atoms with Gasteiger partial charge in [0.2, 0.25) is 5.88 Å². The fourth-order valence-corrected chi connectivity index (χ4v) is 4.64. The molecule has 0 radical (unpaired) electrons. The van der Waals surface area contributed by atoms with E-state index in [1.807, 2.05) is 0 Å². The molecule has 4 aromatic rings. The maximum absolute atomic E-state index is 13.3. The van der Waals surface area contributed by atoms with E-state index in [1.165, 1.54) is 57.7 Å². The lowest BCUT2D eigenvalue weighted by molar-refractivity contribution is -0.113. The van der Waals surface area contributed by atoms with Gasteiger partial charge in [-0.2, -0.15) is 9.97 Å². The predicted octanol–water partition coefficient (Wildman–Crippen LogP) is 3.71. The van der Waals surface area contributed by atoms with Crippen LogP contribution in [0, 0.1) is 0 Å². The number of para-hydroxylation sites is 1. The molecule has 0 saturated heterocycles. The van der Waals surface area contributed by atoms with Gasteiger partial charge in [-0.25, -0.2) is 8.42 Å². The van der Waals surface area contributed by atoms with Crippen molar-refractivity contribution in [1.29, 1.82) is 0 Å². The van der Waals surface area contributed by atoms with Crippen molar-refractivity contribution in [2.75, 3.05) is 31.4 Å². The number of sulfonamides is 1. The molecule has 0 saturated carbocycles. The monoisotopic (exact) mass is 589 g/mol. The molecule has 216 valence electrons. The first-order valence-electron chi connectivity index (χ1n) is 12.3. The Morgan fingerprint density at radius 2 is 1.50 bits per heavy atom. The molecule has 1 aromatic heterocycles. The number of benzene rings is 3. The lowest BCUT2D eigenvalue weighted by Gasteiger charge is -2.13. The van der Waals surface area contributed by atoms with Gasteiger partial charge in [0.25, 0.3) is 21.8 Å². The average Bonchev–Trinajstić information content (AvgIpc) is 3.01. The number of ether oxygens (including phenoxy) is 3. The Labute approximate surface area is 242 Å². The van der Waals surface area contributed by atoms with E-state index in [2.05, 4.69) is 25.3 Å². The number of aromatic nitrogens is 2. The second-order valence-corrected chi connectivity index (χ2v) is 10.2. The zero-order chi connectivity index (χ0) is 30.1. The topological polar surface area (TPSA) is 158 Å². The molecule has 12 nitrogen and oxygen atoms in total. The van der Waals surface area contributed by atoms with E-state index >= 15 is 0 Å². The minimum atomic E-state index is -4.07. The fourth-order valence-electron chi connectivity index (χ4n) is 3.65. The summed E-state index contributed by atoms with van der Waals surface area (Å²) in [6.07, 6.45) is 1.49. The standard InChI is InChI=1S/C29H27N5O7S/c1-39-24-12-8-7-11-20(24)17-23(31-27(35)19-9-5-4-6-10-19)28(36)30-21-13-15-22(16-14-21)42(37,38)34-25-18-26(40-2)33-29(32-25)41-3/h4-18H,1-3H3,(H,30,36)(H,31,35)(H,32,33,34)/b23-17-. The minimum absolute atomic E-state index is 0.0571. The highest BCUT2D eigenvalue weighted by Crippen LogP contribution is 2.23. The van der Waals surface area contributed by atoms with E-state index in [4.69, 9.17) is 14.2 Å². The predicted molar refractivity (Wildman–Crippen MR) is 156 cm³/mol. The van der Waals surface area contributed by atoms with Crippen LogP contribution in [0.4, 0.5) is 11.5 Å². The first-order valence-corrected chi connectivity index (χ1v) is 13.8. The van der Waals surface area contributed by atoms with E-state index in [1.54, 1.807) is 54.6 Å². The number of hydrogen-bond donors (Lipinski definition) is 3. The van der Waals surface area contributed by atoms with Crippen molar-refractivity contribution in [3.8, 4) is 17.6 Å². The second-order valence-electron chi connectivity index (χ2n) is 8.49. The highest BCUT2D eigenvalue weighted by atomic mass is 32.2. The summed E-state index contributed by atoms with van der Waals surface area (Å²) in [6.45, 7) is 0. The summed E-state index contributed by atoms with van der Waals surface area (Å²) in [5, 5.41) is 5.33. The van der Waals surface area contributed by atoms with Crippen LogP contribution < -0.4 is 29.6 Å². The fraction of sp³-hybridized carbons (Fsp3) is 0.103. The molecule has 13 heteroatoms. The van der Waals surface area contributed by atoms with Gasteiger partial charge in [0.05, 0.1) is 26.2 Å². The number of anilines is 2. The Morgan fingerprint density at radius 3 is 2.17 bits per heavy atom. The van der Waals surface area contributed by atoms with Gasteiger partial charge < -0.3 is 24.8 Å². The molecule has 0 fully saturated rings. The zero-order valence-corrected chi connectivity index (χ0v) is 23.6. The lowest BCUT2D eigenvalue weighted by Crippen LogP contribution is -2.30. The molecule has 4 rings (SSSR count). The van der Waals surface area contributed by atoms with Gasteiger partial charge in [0, 0.05) is 22.9 Å². The highest BCUT2D eigenvalue weighted by molar-refractivity contribution is 7.92. The van der Waals surface area contributed by atoms with Crippen molar-refractivity contribution in [3.63, 3.8) is 0 Å². The van der Waals surface area contributed by atoms with Crippen LogP contribution in [0.2, 0.25) is 0 Å². The van der Waals surface area contributed by atoms with E-state index in [-0.39, 0.29) is 34.0 Å². The van der Waals surface area contributed by atoms with Crippen molar-refractivity contribution in [2.45, 2.75) is 4.90 Å². The summed E-state index contributed by atoms with van der Waals surface area (Å²) in [4.78, 5) is 34.0. The SMILES string of the molecule is COc1cc(NS(=O)(=O)c2ccc(NC(=O)/C(=C/c3ccccc3OC)NC(=O)c3ccccc3)cc2)nc(OC)n1. The molecule has 2 amide bonds. The third-order valence-electron chi connectivity index (χ3n) is 5.70. The number of carbonyl (C=O) groups excluding carboxylic acids is 2. The van der Waals surface area contributed by atoms with Crippen molar-refractivity contribution in [2.24, 2.45) is 0 Å². The maximum Gasteiger partial charge on any atom is 0.321 e. The van der Waals surface area contributed by atoms with Gasteiger partial charge in [-0.1, -0.05) is 36.4 Å². The summed E-state index contributed by atoms with van der Waals surface area (Å²) in [7, 11) is 0.141. The molecular weight excluding hydrogens is 562 g/mol. The number of hydrogen-bond acceptors (Lipinski definition) is 9. The van der Waals surface area contributed by atoms with Gasteiger partial charge in [0.15, 0.2) is 5.82 Å². The van der Waals surface area contributed by atoms with Gasteiger partial charge in [-0.05, 0) is 48.5 Å². The molecular formula is C29H27N5O7S. The van der Waals surface area contributed by atoms with Gasteiger partial charge in [-0.3, -0.25) is 14.3 Å². The molecule has 1 heterocycles. The van der Waals surface area contributed by atoms with E-state index in [0.29, 0.717) is 16.9 Å². The van der Waals surface area contributed by atoms with Crippen molar-refractivity contribution < 1.29 is 32.2 Å². The summed E-state index contributed by atoms with van der Waals surface area (Å²) in [5.74, 6) is -0.584. The molecule has 3 N–H and O–H groups in total. The molecule has 0 aliphatic carbocycles. The number of amides is 2. The van der Waals surface area contributed by atoms with E-state index < -0.39 is 21.8 Å². The van der Waals surface area contributed by atoms with Gasteiger partial charge >= 0.3 is 6.01 Å². The number of methoxy groups -OCH3 is 3. The Balaban J connectivity index is 1.55. The number of nitrogens with one attached hydrogen (secondary N) is 3. The summed E-state index contributed by atoms with van der Waals surface area (Å²) < 4.78 is 43.6. The maximum atomic E-state index is 13.3. The molecule has 0 bridgehead atoms. The van der Waals surface area contributed by atoms with Crippen molar-refractivity contribution >= 4 is 39.4 Å². The average molecular weight is 590 g/mol. The van der Waals surface area contributed by atoms with E-state index in [9.17, 15) is 18.0 Å². The van der Waals surface area contributed by atoms with Gasteiger partial charge in [0.1, 0.15) is 11.4 Å². The van der Waals surface area contributed by atoms with Crippen molar-refractivity contribution in [1.82, 2.24) is 15.3 Å². The molecule has 0 unspecified atom stereocenters. The largest absolute Gasteiger partial charge is 0.496 e. The molecule has 0 aliphatic heterocycles. The Bertz CT molecular complexity index is 1690. The number of carbonyl (C=O) groups is 2. The molecule has 3 aromatic carbocycles. The zero-order valence-electron chi connectivity index (χ0n) is 22.8. The summed E-state index contributed by atoms with van der Waals surface area (Å²) >= 11 is 0. The van der Waals surface area contributed by atoms with Crippen molar-refractivity contribution in [3.05, 3.63) is 102 Å². The lowest BCUT2D eigenvalue weighted by atomic mass is 10.1. The number of nitrogens with zero attached hydrogens (tertiary/aromatic N) is 2. The quantitative estimate of drug-likeness (QED) is 0.222. The second kappa shape index (κ2) is 13.3. The first kappa shape index (κ1) is 29.6. The van der Waals surface area contributed by atoms with Crippen LogP contribution in [0.1, 0.15) is 15.9 Å². The van der Waals surface area contributed by atoms with Crippen LogP contribution in [0.25, 0.3) is 6.08 Å². The Kier molecular flexibility index (Phi) is 9.35. The minimum Gasteiger partial charge on any atom is -0.496 e. The van der Waals surface area contributed by atoms with Gasteiger partial charge in [-0.15, -0.1) is 0 Å². The van der Waals surface area contributed by atoms with E-state index in [0.717, 1.165) is 0 Å².